The van der Waals surface area contributed by atoms with Gasteiger partial charge in [-0.1, -0.05) is 60.7 Å². The van der Waals surface area contributed by atoms with E-state index in [0.29, 0.717) is 0 Å². The highest BCUT2D eigenvalue weighted by Crippen LogP contribution is 2.38. The van der Waals surface area contributed by atoms with E-state index < -0.39 is 0 Å². The predicted molar refractivity (Wildman–Crippen MR) is 167 cm³/mol. The van der Waals surface area contributed by atoms with Crippen LogP contribution in [0.2, 0.25) is 0 Å². The Morgan fingerprint density at radius 1 is 0.625 bits per heavy atom. The number of pyridine rings is 1. The summed E-state index contributed by atoms with van der Waals surface area (Å²) in [5, 5.41) is 4.59. The molecular weight excluding hydrogens is 508 g/mol. The van der Waals surface area contributed by atoms with Gasteiger partial charge in [-0.25, -0.2) is 4.98 Å². The summed E-state index contributed by atoms with van der Waals surface area (Å²) in [6.45, 7) is 0. The fourth-order valence-electron chi connectivity index (χ4n) is 5.77. The van der Waals surface area contributed by atoms with Crippen molar-refractivity contribution in [1.29, 1.82) is 0 Å². The normalized spacial score (nSPS) is 11.6. The van der Waals surface area contributed by atoms with E-state index in [0.717, 1.165) is 44.9 Å². The molecule has 4 heterocycles. The van der Waals surface area contributed by atoms with Crippen molar-refractivity contribution in [3.05, 3.63) is 127 Å². The maximum atomic E-state index is 4.99. The van der Waals surface area contributed by atoms with E-state index in [2.05, 4.69) is 124 Å². The third-order valence-corrected chi connectivity index (χ3v) is 8.60. The van der Waals surface area contributed by atoms with Crippen molar-refractivity contribution < 1.29 is 0 Å². The number of thiophene rings is 1. The third-order valence-electron chi connectivity index (χ3n) is 7.68. The molecule has 8 aromatic rings. The van der Waals surface area contributed by atoms with Gasteiger partial charge in [0.1, 0.15) is 5.82 Å². The molecule has 0 aliphatic rings. The molecule has 4 nitrogen and oxygen atoms in total. The lowest BCUT2D eigenvalue weighted by Crippen LogP contribution is -1.96. The molecule has 0 saturated heterocycles. The number of hydrogen-bond donors (Lipinski definition) is 0. The van der Waals surface area contributed by atoms with E-state index in [9.17, 15) is 0 Å². The molecular formula is C35H24N4S. The van der Waals surface area contributed by atoms with Crippen molar-refractivity contribution in [3.8, 4) is 38.8 Å². The fourth-order valence-corrected chi connectivity index (χ4v) is 6.50. The number of fused-ring (bicyclic) bond motifs is 4. The number of nitrogens with zero attached hydrogens (tertiary/aromatic N) is 4. The van der Waals surface area contributed by atoms with Crippen LogP contribution in [0.5, 0.6) is 0 Å². The molecule has 0 radical (unpaired) electrons. The number of aryl methyl sites for hydroxylation is 1. The van der Waals surface area contributed by atoms with E-state index in [1.54, 1.807) is 11.3 Å². The Kier molecular flexibility index (Phi) is 5.18. The highest BCUT2D eigenvalue weighted by Gasteiger charge is 2.17. The highest BCUT2D eigenvalue weighted by molar-refractivity contribution is 7.13. The van der Waals surface area contributed by atoms with Crippen LogP contribution in [0.1, 0.15) is 0 Å². The van der Waals surface area contributed by atoms with E-state index in [1.807, 2.05) is 24.4 Å². The Balaban J connectivity index is 1.41. The van der Waals surface area contributed by atoms with Gasteiger partial charge in [0, 0.05) is 45.7 Å². The van der Waals surface area contributed by atoms with E-state index in [4.69, 9.17) is 4.98 Å². The summed E-state index contributed by atoms with van der Waals surface area (Å²) in [4.78, 5) is 10.9. The minimum Gasteiger partial charge on any atom is -0.327 e. The number of para-hydroxylation sites is 2. The summed E-state index contributed by atoms with van der Waals surface area (Å²) in [5.41, 5.74) is 9.94. The highest BCUT2D eigenvalue weighted by atomic mass is 32.1. The van der Waals surface area contributed by atoms with Crippen LogP contribution in [0.15, 0.2) is 127 Å². The van der Waals surface area contributed by atoms with Crippen molar-refractivity contribution in [2.75, 3.05) is 0 Å². The first-order valence-corrected chi connectivity index (χ1v) is 14.2. The second kappa shape index (κ2) is 9.04. The van der Waals surface area contributed by atoms with Crippen molar-refractivity contribution in [1.82, 2.24) is 19.1 Å². The molecule has 40 heavy (non-hydrogen) atoms. The average molecular weight is 533 g/mol. The number of benzene rings is 4. The second-order valence-corrected chi connectivity index (χ2v) is 11.0. The van der Waals surface area contributed by atoms with Crippen molar-refractivity contribution in [2.24, 2.45) is 7.05 Å². The molecule has 0 bridgehead atoms. The quantitative estimate of drug-likeness (QED) is 0.227. The monoisotopic (exact) mass is 532 g/mol. The fraction of sp³-hybridized carbons (Fsp3) is 0.0286. The van der Waals surface area contributed by atoms with Crippen molar-refractivity contribution in [2.45, 2.75) is 0 Å². The lowest BCUT2D eigenvalue weighted by atomic mass is 10.1. The summed E-state index contributed by atoms with van der Waals surface area (Å²) >= 11 is 1.77. The summed E-state index contributed by atoms with van der Waals surface area (Å²) in [6, 6.07) is 40.9. The van der Waals surface area contributed by atoms with Gasteiger partial charge in [0.25, 0.3) is 0 Å². The van der Waals surface area contributed by atoms with Gasteiger partial charge >= 0.3 is 0 Å². The minimum atomic E-state index is 0.960. The SMILES string of the molecule is Cn1c(-c2ccc3c4ccc(-c5cccs5)cc4n(-c4cccc(-c5ccccn5)c4)c3c2)nc2ccccc21. The van der Waals surface area contributed by atoms with Crippen LogP contribution in [-0.4, -0.2) is 19.1 Å². The topological polar surface area (TPSA) is 35.6 Å². The summed E-state index contributed by atoms with van der Waals surface area (Å²) in [7, 11) is 2.09. The van der Waals surface area contributed by atoms with E-state index >= 15 is 0 Å². The van der Waals surface area contributed by atoms with Gasteiger partial charge in [-0.3, -0.25) is 4.98 Å². The number of hydrogen-bond acceptors (Lipinski definition) is 3. The zero-order chi connectivity index (χ0) is 26.6. The Bertz CT molecular complexity index is 2170. The number of imidazole rings is 1. The molecule has 0 aliphatic carbocycles. The van der Waals surface area contributed by atoms with Crippen LogP contribution in [0.25, 0.3) is 71.6 Å². The molecule has 0 spiro atoms. The summed E-state index contributed by atoms with van der Waals surface area (Å²) in [6.07, 6.45) is 1.85. The average Bonchev–Trinajstić information content (AvgIpc) is 3.74. The van der Waals surface area contributed by atoms with Gasteiger partial charge in [0.15, 0.2) is 0 Å². The van der Waals surface area contributed by atoms with Gasteiger partial charge in [-0.05, 0) is 65.5 Å². The molecule has 8 rings (SSSR count). The van der Waals surface area contributed by atoms with Crippen LogP contribution >= 0.6 is 11.3 Å². The van der Waals surface area contributed by atoms with Gasteiger partial charge in [-0.15, -0.1) is 11.3 Å². The van der Waals surface area contributed by atoms with Crippen LogP contribution < -0.4 is 0 Å². The zero-order valence-corrected chi connectivity index (χ0v) is 22.6. The molecule has 0 aliphatic heterocycles. The lowest BCUT2D eigenvalue weighted by Gasteiger charge is -2.11. The first-order chi connectivity index (χ1) is 19.7. The van der Waals surface area contributed by atoms with E-state index in [-0.39, 0.29) is 0 Å². The van der Waals surface area contributed by atoms with Gasteiger partial charge < -0.3 is 9.13 Å². The third kappa shape index (κ3) is 3.59. The molecule has 0 fully saturated rings. The largest absolute Gasteiger partial charge is 0.327 e. The Morgan fingerprint density at radius 2 is 1.43 bits per heavy atom. The van der Waals surface area contributed by atoms with Crippen molar-refractivity contribution >= 4 is 44.2 Å². The van der Waals surface area contributed by atoms with Gasteiger partial charge in [0.2, 0.25) is 0 Å². The molecule has 0 unspecified atom stereocenters. The maximum absolute atomic E-state index is 4.99. The molecule has 190 valence electrons. The standard InChI is InChI=1S/C35H24N4S/c1-38-31-12-3-2-11-30(31)37-35(38)25-15-17-28-27-16-14-24(34-13-7-19-40-34)21-32(27)39(33(28)22-25)26-9-6-8-23(20-26)29-10-4-5-18-36-29/h2-22H,1H3. The molecule has 0 atom stereocenters. The number of aromatic nitrogens is 4. The van der Waals surface area contributed by atoms with Gasteiger partial charge in [-0.2, -0.15) is 0 Å². The Hall–Kier alpha value is -5.00. The van der Waals surface area contributed by atoms with Crippen LogP contribution in [0.3, 0.4) is 0 Å². The van der Waals surface area contributed by atoms with Crippen LogP contribution in [0.4, 0.5) is 0 Å². The summed E-state index contributed by atoms with van der Waals surface area (Å²) in [5.74, 6) is 0.960. The van der Waals surface area contributed by atoms with Crippen LogP contribution in [0, 0.1) is 0 Å². The zero-order valence-electron chi connectivity index (χ0n) is 21.8. The molecule has 0 amide bonds. The Labute approximate surface area is 235 Å². The lowest BCUT2D eigenvalue weighted by molar-refractivity contribution is 0.959. The predicted octanol–water partition coefficient (Wildman–Crippen LogP) is 9.13. The second-order valence-electron chi connectivity index (χ2n) is 10.0. The Morgan fingerprint density at radius 3 is 2.20 bits per heavy atom. The van der Waals surface area contributed by atoms with Crippen molar-refractivity contribution in [3.63, 3.8) is 0 Å². The number of rotatable bonds is 4. The van der Waals surface area contributed by atoms with Gasteiger partial charge in [0.05, 0.1) is 27.8 Å². The smallest absolute Gasteiger partial charge is 0.140 e. The van der Waals surface area contributed by atoms with E-state index in [1.165, 1.54) is 26.7 Å². The molecule has 0 saturated carbocycles. The first-order valence-electron chi connectivity index (χ1n) is 13.3. The molecule has 4 aromatic heterocycles. The summed E-state index contributed by atoms with van der Waals surface area (Å²) < 4.78 is 4.57. The maximum Gasteiger partial charge on any atom is 0.140 e. The van der Waals surface area contributed by atoms with Crippen LogP contribution in [-0.2, 0) is 7.05 Å². The molecule has 0 N–H and O–H groups in total. The molecule has 4 aromatic carbocycles. The first kappa shape index (κ1) is 22.9. The molecule has 5 heteroatoms. The minimum absolute atomic E-state index is 0.960.